The van der Waals surface area contributed by atoms with E-state index >= 15 is 0 Å². The van der Waals surface area contributed by atoms with Gasteiger partial charge in [-0.3, -0.25) is 0 Å². The zero-order valence-electron chi connectivity index (χ0n) is 10.4. The van der Waals surface area contributed by atoms with Gasteiger partial charge in [0.05, 0.1) is 10.2 Å². The number of rotatable bonds is 3. The van der Waals surface area contributed by atoms with Crippen LogP contribution in [0.1, 0.15) is 10.6 Å². The first kappa shape index (κ1) is 12.5. The van der Waals surface area contributed by atoms with E-state index in [-0.39, 0.29) is 0 Å². The average molecular weight is 290 g/mol. The fourth-order valence-electron chi connectivity index (χ4n) is 1.83. The number of ether oxygens (including phenoxy) is 1. The van der Waals surface area contributed by atoms with Crippen molar-refractivity contribution in [3.63, 3.8) is 0 Å². The van der Waals surface area contributed by atoms with Gasteiger partial charge in [0, 0.05) is 5.02 Å². The van der Waals surface area contributed by atoms with E-state index in [4.69, 9.17) is 16.3 Å². The SMILES string of the molecule is Cc1cc(OCc2nc3ccccc3s2)ccc1Cl. The van der Waals surface area contributed by atoms with E-state index in [1.807, 2.05) is 43.3 Å². The van der Waals surface area contributed by atoms with Crippen molar-refractivity contribution < 1.29 is 4.74 Å². The average Bonchev–Trinajstić information content (AvgIpc) is 2.83. The Bertz CT molecular complexity index is 690. The largest absolute Gasteiger partial charge is 0.486 e. The molecule has 0 aliphatic rings. The summed E-state index contributed by atoms with van der Waals surface area (Å²) in [7, 11) is 0. The highest BCUT2D eigenvalue weighted by molar-refractivity contribution is 7.18. The molecule has 2 aromatic carbocycles. The van der Waals surface area contributed by atoms with E-state index < -0.39 is 0 Å². The summed E-state index contributed by atoms with van der Waals surface area (Å²) in [5.74, 6) is 0.821. The molecule has 0 atom stereocenters. The van der Waals surface area contributed by atoms with Gasteiger partial charge in [0.25, 0.3) is 0 Å². The molecule has 4 heteroatoms. The molecule has 3 rings (SSSR count). The molecule has 2 nitrogen and oxygen atoms in total. The van der Waals surface area contributed by atoms with Crippen molar-refractivity contribution in [3.05, 3.63) is 58.1 Å². The third-order valence-electron chi connectivity index (χ3n) is 2.83. The van der Waals surface area contributed by atoms with Gasteiger partial charge in [-0.15, -0.1) is 11.3 Å². The Morgan fingerprint density at radius 3 is 2.84 bits per heavy atom. The molecule has 96 valence electrons. The molecular weight excluding hydrogens is 278 g/mol. The van der Waals surface area contributed by atoms with Crippen LogP contribution in [-0.2, 0) is 6.61 Å². The summed E-state index contributed by atoms with van der Waals surface area (Å²) < 4.78 is 6.94. The molecule has 0 aliphatic carbocycles. The predicted octanol–water partition coefficient (Wildman–Crippen LogP) is 4.84. The molecule has 0 amide bonds. The second-order valence-corrected chi connectivity index (χ2v) is 5.80. The molecule has 0 saturated carbocycles. The lowest BCUT2D eigenvalue weighted by Gasteiger charge is -2.05. The van der Waals surface area contributed by atoms with Crippen LogP contribution in [0.15, 0.2) is 42.5 Å². The molecule has 0 saturated heterocycles. The van der Waals surface area contributed by atoms with Crippen LogP contribution in [0.25, 0.3) is 10.2 Å². The zero-order valence-corrected chi connectivity index (χ0v) is 12.0. The number of fused-ring (bicyclic) bond motifs is 1. The lowest BCUT2D eigenvalue weighted by molar-refractivity contribution is 0.305. The maximum Gasteiger partial charge on any atom is 0.140 e. The molecule has 1 heterocycles. The predicted molar refractivity (Wildman–Crippen MR) is 80.1 cm³/mol. The first-order valence-corrected chi connectivity index (χ1v) is 7.15. The molecule has 0 N–H and O–H groups in total. The van der Waals surface area contributed by atoms with Crippen LogP contribution in [0.5, 0.6) is 5.75 Å². The summed E-state index contributed by atoms with van der Waals surface area (Å²) in [6, 6.07) is 13.8. The number of thiazole rings is 1. The van der Waals surface area contributed by atoms with Crippen molar-refractivity contribution in [2.45, 2.75) is 13.5 Å². The number of aromatic nitrogens is 1. The third-order valence-corrected chi connectivity index (χ3v) is 4.26. The number of aryl methyl sites for hydroxylation is 1. The summed E-state index contributed by atoms with van der Waals surface area (Å²) in [5, 5.41) is 1.74. The fraction of sp³-hybridized carbons (Fsp3) is 0.133. The topological polar surface area (TPSA) is 22.1 Å². The van der Waals surface area contributed by atoms with E-state index in [2.05, 4.69) is 11.1 Å². The van der Waals surface area contributed by atoms with Gasteiger partial charge in [0.2, 0.25) is 0 Å². The van der Waals surface area contributed by atoms with Crippen LogP contribution >= 0.6 is 22.9 Å². The van der Waals surface area contributed by atoms with Crippen LogP contribution in [0.3, 0.4) is 0 Å². The second-order valence-electron chi connectivity index (χ2n) is 4.27. The smallest absolute Gasteiger partial charge is 0.140 e. The fourth-order valence-corrected chi connectivity index (χ4v) is 2.83. The maximum atomic E-state index is 5.99. The number of benzene rings is 2. The number of halogens is 1. The highest BCUT2D eigenvalue weighted by atomic mass is 35.5. The molecule has 1 aromatic heterocycles. The molecular formula is C15H12ClNOS. The maximum absolute atomic E-state index is 5.99. The van der Waals surface area contributed by atoms with Gasteiger partial charge in [-0.05, 0) is 42.8 Å². The van der Waals surface area contributed by atoms with E-state index in [0.717, 1.165) is 26.9 Å². The van der Waals surface area contributed by atoms with E-state index in [1.165, 1.54) is 4.70 Å². The quantitative estimate of drug-likeness (QED) is 0.688. The molecule has 0 aliphatic heterocycles. The first-order chi connectivity index (χ1) is 9.22. The molecule has 0 radical (unpaired) electrons. The monoisotopic (exact) mass is 289 g/mol. The van der Waals surface area contributed by atoms with Gasteiger partial charge >= 0.3 is 0 Å². The zero-order chi connectivity index (χ0) is 13.2. The minimum Gasteiger partial charge on any atom is -0.486 e. The van der Waals surface area contributed by atoms with Gasteiger partial charge < -0.3 is 4.74 Å². The van der Waals surface area contributed by atoms with Crippen molar-refractivity contribution in [2.75, 3.05) is 0 Å². The van der Waals surface area contributed by atoms with Crippen LogP contribution in [0, 0.1) is 6.92 Å². The van der Waals surface area contributed by atoms with E-state index in [0.29, 0.717) is 6.61 Å². The van der Waals surface area contributed by atoms with Crippen LogP contribution in [0.4, 0.5) is 0 Å². The second kappa shape index (κ2) is 5.19. The summed E-state index contributed by atoms with van der Waals surface area (Å²) in [6.45, 7) is 2.45. The number of hydrogen-bond donors (Lipinski definition) is 0. The summed E-state index contributed by atoms with van der Waals surface area (Å²) >= 11 is 7.65. The highest BCUT2D eigenvalue weighted by Crippen LogP contribution is 2.25. The minimum absolute atomic E-state index is 0.487. The Morgan fingerprint density at radius 2 is 2.05 bits per heavy atom. The number of nitrogens with zero attached hydrogens (tertiary/aromatic N) is 1. The Labute approximate surface area is 120 Å². The third kappa shape index (κ3) is 2.72. The van der Waals surface area contributed by atoms with E-state index in [1.54, 1.807) is 11.3 Å². The van der Waals surface area contributed by atoms with Crippen molar-refractivity contribution >= 4 is 33.2 Å². The van der Waals surface area contributed by atoms with Gasteiger partial charge in [-0.2, -0.15) is 0 Å². The molecule has 19 heavy (non-hydrogen) atoms. The molecule has 0 bridgehead atoms. The van der Waals surface area contributed by atoms with Crippen molar-refractivity contribution in [2.24, 2.45) is 0 Å². The molecule has 0 unspecified atom stereocenters. The van der Waals surface area contributed by atoms with Crippen LogP contribution in [0.2, 0.25) is 5.02 Å². The number of hydrogen-bond acceptors (Lipinski definition) is 3. The van der Waals surface area contributed by atoms with Gasteiger partial charge in [0.15, 0.2) is 0 Å². The van der Waals surface area contributed by atoms with Gasteiger partial charge in [0.1, 0.15) is 17.4 Å². The molecule has 0 fully saturated rings. The lowest BCUT2D eigenvalue weighted by atomic mass is 10.2. The summed E-state index contributed by atoms with van der Waals surface area (Å²) in [6.07, 6.45) is 0. The Balaban J connectivity index is 1.76. The van der Waals surface area contributed by atoms with Crippen LogP contribution < -0.4 is 4.74 Å². The highest BCUT2D eigenvalue weighted by Gasteiger charge is 2.04. The van der Waals surface area contributed by atoms with E-state index in [9.17, 15) is 0 Å². The van der Waals surface area contributed by atoms with Gasteiger partial charge in [-0.25, -0.2) is 4.98 Å². The minimum atomic E-state index is 0.487. The Morgan fingerprint density at radius 1 is 1.21 bits per heavy atom. The van der Waals surface area contributed by atoms with Crippen molar-refractivity contribution in [1.82, 2.24) is 4.98 Å². The first-order valence-electron chi connectivity index (χ1n) is 5.96. The Hall–Kier alpha value is -1.58. The summed E-state index contributed by atoms with van der Waals surface area (Å²) in [4.78, 5) is 4.54. The standard InChI is InChI=1S/C15H12ClNOS/c1-10-8-11(6-7-12(10)16)18-9-15-17-13-4-2-3-5-14(13)19-15/h2-8H,9H2,1H3. The van der Waals surface area contributed by atoms with Gasteiger partial charge in [-0.1, -0.05) is 23.7 Å². The normalized spacial score (nSPS) is 10.8. The summed E-state index contributed by atoms with van der Waals surface area (Å²) in [5.41, 5.74) is 2.04. The lowest BCUT2D eigenvalue weighted by Crippen LogP contribution is -1.94. The van der Waals surface area contributed by atoms with Crippen LogP contribution in [-0.4, -0.2) is 4.98 Å². The Kier molecular flexibility index (Phi) is 3.40. The van der Waals surface area contributed by atoms with Crippen molar-refractivity contribution in [3.8, 4) is 5.75 Å². The number of para-hydroxylation sites is 1. The molecule has 3 aromatic rings. The van der Waals surface area contributed by atoms with Crippen molar-refractivity contribution in [1.29, 1.82) is 0 Å². The molecule has 0 spiro atoms.